The standard InChI is InChI=1S/C25H31N5O/c31-25(12-6-14-30-15-7-13-27-30)26-20-22-8-4-5-9-23(22)21-28-16-18-29(19-17-28)24-10-2-1-3-11-24/h1-5,7-11,13,15H,6,12,14,16-21H2,(H,26,31). The number of aromatic nitrogens is 2. The lowest BCUT2D eigenvalue weighted by Gasteiger charge is -2.36. The molecule has 1 aromatic heterocycles. The summed E-state index contributed by atoms with van der Waals surface area (Å²) in [5, 5.41) is 7.26. The third-order valence-corrected chi connectivity index (χ3v) is 5.83. The van der Waals surface area contributed by atoms with Crippen molar-refractivity contribution in [1.82, 2.24) is 20.0 Å². The molecule has 0 aliphatic carbocycles. The fraction of sp³-hybridized carbons (Fsp3) is 0.360. The summed E-state index contributed by atoms with van der Waals surface area (Å²) in [6, 6.07) is 21.0. The summed E-state index contributed by atoms with van der Waals surface area (Å²) >= 11 is 0. The minimum absolute atomic E-state index is 0.0958. The highest BCUT2D eigenvalue weighted by molar-refractivity contribution is 5.75. The van der Waals surface area contributed by atoms with Crippen molar-refractivity contribution in [3.63, 3.8) is 0 Å². The number of carbonyl (C=O) groups is 1. The molecule has 162 valence electrons. The van der Waals surface area contributed by atoms with Crippen LogP contribution in [0.25, 0.3) is 0 Å². The molecule has 1 aliphatic heterocycles. The van der Waals surface area contributed by atoms with Crippen molar-refractivity contribution in [2.24, 2.45) is 0 Å². The first-order valence-electron chi connectivity index (χ1n) is 11.1. The van der Waals surface area contributed by atoms with Crippen LogP contribution >= 0.6 is 0 Å². The Kier molecular flexibility index (Phi) is 7.34. The Labute approximate surface area is 184 Å². The summed E-state index contributed by atoms with van der Waals surface area (Å²) in [5.41, 5.74) is 3.80. The lowest BCUT2D eigenvalue weighted by atomic mass is 10.1. The molecule has 1 amide bonds. The Morgan fingerprint density at radius 1 is 0.903 bits per heavy atom. The number of para-hydroxylation sites is 1. The maximum absolute atomic E-state index is 12.3. The maximum atomic E-state index is 12.3. The van der Waals surface area contributed by atoms with E-state index in [1.54, 1.807) is 6.20 Å². The van der Waals surface area contributed by atoms with Crippen LogP contribution in [0, 0.1) is 0 Å². The summed E-state index contributed by atoms with van der Waals surface area (Å²) in [4.78, 5) is 17.2. The number of carbonyl (C=O) groups excluding carboxylic acids is 1. The van der Waals surface area contributed by atoms with Crippen molar-refractivity contribution in [3.8, 4) is 0 Å². The van der Waals surface area contributed by atoms with E-state index in [4.69, 9.17) is 0 Å². The summed E-state index contributed by atoms with van der Waals surface area (Å²) in [6.07, 6.45) is 5.00. The number of piperazine rings is 1. The third kappa shape index (κ3) is 6.18. The van der Waals surface area contributed by atoms with E-state index < -0.39 is 0 Å². The molecule has 6 nitrogen and oxygen atoms in total. The van der Waals surface area contributed by atoms with Gasteiger partial charge in [0, 0.05) is 70.3 Å². The molecule has 2 aromatic carbocycles. The average Bonchev–Trinajstić information content (AvgIpc) is 3.33. The highest BCUT2D eigenvalue weighted by Crippen LogP contribution is 2.18. The van der Waals surface area contributed by atoms with Crippen LogP contribution < -0.4 is 10.2 Å². The molecule has 1 saturated heterocycles. The summed E-state index contributed by atoms with van der Waals surface area (Å²) < 4.78 is 1.86. The van der Waals surface area contributed by atoms with Gasteiger partial charge in [-0.15, -0.1) is 0 Å². The molecule has 31 heavy (non-hydrogen) atoms. The van der Waals surface area contributed by atoms with Gasteiger partial charge in [-0.1, -0.05) is 42.5 Å². The Balaban J connectivity index is 1.23. The molecular formula is C25H31N5O. The highest BCUT2D eigenvalue weighted by atomic mass is 16.1. The van der Waals surface area contributed by atoms with E-state index in [9.17, 15) is 4.79 Å². The number of nitrogens with one attached hydrogen (secondary N) is 1. The van der Waals surface area contributed by atoms with E-state index in [0.717, 1.165) is 45.7 Å². The minimum Gasteiger partial charge on any atom is -0.369 e. The van der Waals surface area contributed by atoms with Gasteiger partial charge in [0.05, 0.1) is 0 Å². The minimum atomic E-state index is 0.0958. The molecule has 6 heteroatoms. The second-order valence-corrected chi connectivity index (χ2v) is 8.02. The zero-order chi connectivity index (χ0) is 21.3. The number of benzene rings is 2. The molecule has 1 N–H and O–H groups in total. The van der Waals surface area contributed by atoms with Crippen LogP contribution in [-0.2, 0) is 24.4 Å². The molecule has 0 bridgehead atoms. The first kappa shape index (κ1) is 21.1. The molecule has 2 heterocycles. The number of rotatable bonds is 9. The fourth-order valence-corrected chi connectivity index (χ4v) is 4.04. The van der Waals surface area contributed by atoms with Gasteiger partial charge < -0.3 is 10.2 Å². The summed E-state index contributed by atoms with van der Waals surface area (Å²) in [5.74, 6) is 0.0958. The zero-order valence-electron chi connectivity index (χ0n) is 18.0. The van der Waals surface area contributed by atoms with Crippen molar-refractivity contribution in [1.29, 1.82) is 0 Å². The van der Waals surface area contributed by atoms with Crippen LogP contribution in [0.1, 0.15) is 24.0 Å². The Morgan fingerprint density at radius 2 is 1.65 bits per heavy atom. The van der Waals surface area contributed by atoms with E-state index in [2.05, 4.69) is 74.8 Å². The number of anilines is 1. The second-order valence-electron chi connectivity index (χ2n) is 8.02. The van der Waals surface area contributed by atoms with Crippen LogP contribution in [-0.4, -0.2) is 46.8 Å². The van der Waals surface area contributed by atoms with Gasteiger partial charge in [-0.05, 0) is 35.7 Å². The molecule has 0 saturated carbocycles. The highest BCUT2D eigenvalue weighted by Gasteiger charge is 2.18. The molecule has 0 unspecified atom stereocenters. The second kappa shape index (κ2) is 10.8. The normalized spacial score (nSPS) is 14.5. The monoisotopic (exact) mass is 417 g/mol. The quantitative estimate of drug-likeness (QED) is 0.580. The lowest BCUT2D eigenvalue weighted by Crippen LogP contribution is -2.46. The Bertz CT molecular complexity index is 934. The first-order valence-corrected chi connectivity index (χ1v) is 11.1. The molecule has 1 aliphatic rings. The largest absolute Gasteiger partial charge is 0.369 e. The van der Waals surface area contributed by atoms with E-state index >= 15 is 0 Å². The van der Waals surface area contributed by atoms with Gasteiger partial charge in [-0.3, -0.25) is 14.4 Å². The molecule has 1 fully saturated rings. The van der Waals surface area contributed by atoms with E-state index in [1.165, 1.54) is 16.8 Å². The third-order valence-electron chi connectivity index (χ3n) is 5.83. The number of amides is 1. The van der Waals surface area contributed by atoms with Crippen molar-refractivity contribution in [2.75, 3.05) is 31.1 Å². The van der Waals surface area contributed by atoms with Gasteiger partial charge in [0.1, 0.15) is 0 Å². The predicted octanol–water partition coefficient (Wildman–Crippen LogP) is 3.30. The van der Waals surface area contributed by atoms with Gasteiger partial charge in [-0.2, -0.15) is 5.10 Å². The molecule has 3 aromatic rings. The molecule has 0 radical (unpaired) electrons. The first-order chi connectivity index (χ1) is 15.3. The maximum Gasteiger partial charge on any atom is 0.220 e. The van der Waals surface area contributed by atoms with E-state index in [-0.39, 0.29) is 5.91 Å². The topological polar surface area (TPSA) is 53.4 Å². The summed E-state index contributed by atoms with van der Waals surface area (Å²) in [7, 11) is 0. The molecule has 4 rings (SSSR count). The van der Waals surface area contributed by atoms with E-state index in [0.29, 0.717) is 13.0 Å². The smallest absolute Gasteiger partial charge is 0.220 e. The van der Waals surface area contributed by atoms with Crippen molar-refractivity contribution >= 4 is 11.6 Å². The van der Waals surface area contributed by atoms with Crippen LogP contribution in [0.2, 0.25) is 0 Å². The van der Waals surface area contributed by atoms with Gasteiger partial charge in [-0.25, -0.2) is 0 Å². The number of aryl methyl sites for hydroxylation is 1. The molecule has 0 spiro atoms. The SMILES string of the molecule is O=C(CCCn1cccn1)NCc1ccccc1CN1CCN(c2ccccc2)CC1. The van der Waals surface area contributed by atoms with Gasteiger partial charge in [0.2, 0.25) is 5.91 Å². The van der Waals surface area contributed by atoms with E-state index in [1.807, 2.05) is 16.9 Å². The number of hydrogen-bond donors (Lipinski definition) is 1. The molecule has 0 atom stereocenters. The Hall–Kier alpha value is -3.12. The van der Waals surface area contributed by atoms with Gasteiger partial charge >= 0.3 is 0 Å². The lowest BCUT2D eigenvalue weighted by molar-refractivity contribution is -0.121. The van der Waals surface area contributed by atoms with Crippen LogP contribution in [0.3, 0.4) is 0 Å². The Morgan fingerprint density at radius 3 is 2.39 bits per heavy atom. The number of nitrogens with zero attached hydrogens (tertiary/aromatic N) is 4. The van der Waals surface area contributed by atoms with Gasteiger partial charge in [0.25, 0.3) is 0 Å². The van der Waals surface area contributed by atoms with Crippen LogP contribution in [0.5, 0.6) is 0 Å². The van der Waals surface area contributed by atoms with Gasteiger partial charge in [0.15, 0.2) is 0 Å². The summed E-state index contributed by atoms with van der Waals surface area (Å²) in [6.45, 7) is 6.45. The average molecular weight is 418 g/mol. The van der Waals surface area contributed by atoms with Crippen molar-refractivity contribution in [2.45, 2.75) is 32.5 Å². The predicted molar refractivity (Wildman–Crippen MR) is 124 cm³/mol. The van der Waals surface area contributed by atoms with Crippen molar-refractivity contribution in [3.05, 3.63) is 84.2 Å². The zero-order valence-corrected chi connectivity index (χ0v) is 18.0. The number of hydrogen-bond acceptors (Lipinski definition) is 4. The van der Waals surface area contributed by atoms with Crippen molar-refractivity contribution < 1.29 is 4.79 Å². The fourth-order valence-electron chi connectivity index (χ4n) is 4.04. The molecular weight excluding hydrogens is 386 g/mol. The van der Waals surface area contributed by atoms with Crippen LogP contribution in [0.4, 0.5) is 5.69 Å². The van der Waals surface area contributed by atoms with Crippen LogP contribution in [0.15, 0.2) is 73.1 Å².